The second-order valence-corrected chi connectivity index (χ2v) is 5.87. The molecule has 1 atom stereocenters. The minimum Gasteiger partial charge on any atom is -0.381 e. The summed E-state index contributed by atoms with van der Waals surface area (Å²) < 4.78 is 9.43. The fourth-order valence-electron chi connectivity index (χ4n) is 3.03. The molecule has 0 spiro atoms. The van der Waals surface area contributed by atoms with Crippen LogP contribution < -0.4 is 0 Å². The predicted octanol–water partition coefficient (Wildman–Crippen LogP) is 2.32. The van der Waals surface area contributed by atoms with Crippen molar-refractivity contribution in [3.63, 3.8) is 0 Å². The van der Waals surface area contributed by atoms with Crippen LogP contribution in [0.4, 0.5) is 0 Å². The Morgan fingerprint density at radius 2 is 2.22 bits per heavy atom. The molecule has 0 saturated carbocycles. The first kappa shape index (κ1) is 14.1. The molecule has 1 saturated heterocycles. The van der Waals surface area contributed by atoms with E-state index in [2.05, 4.69) is 32.0 Å². The Balaban J connectivity index is 1.61. The van der Waals surface area contributed by atoms with Crippen molar-refractivity contribution in [3.05, 3.63) is 59.9 Å². The maximum atomic E-state index is 5.43. The molecule has 1 aliphatic rings. The zero-order chi connectivity index (χ0) is 15.6. The number of para-hydroxylation sites is 1. The molecule has 0 bridgehead atoms. The Labute approximate surface area is 134 Å². The third kappa shape index (κ3) is 2.77. The molecule has 1 aliphatic heterocycles. The molecular weight excluding hydrogens is 290 g/mol. The number of benzene rings is 1. The molecule has 1 aromatic carbocycles. The van der Waals surface area contributed by atoms with Crippen molar-refractivity contribution < 1.29 is 4.74 Å². The third-order valence-corrected chi connectivity index (χ3v) is 4.31. The SMILES string of the molecule is Cc1nccn1-c1ccccc1Cn1cc(C2CCOC2)nn1. The number of aryl methyl sites for hydroxylation is 1. The molecule has 0 N–H and O–H groups in total. The van der Waals surface area contributed by atoms with Crippen LogP contribution >= 0.6 is 0 Å². The highest BCUT2D eigenvalue weighted by Gasteiger charge is 2.21. The Kier molecular flexibility index (Phi) is 3.67. The van der Waals surface area contributed by atoms with Crippen molar-refractivity contribution in [2.24, 2.45) is 0 Å². The van der Waals surface area contributed by atoms with Gasteiger partial charge in [0.1, 0.15) is 5.82 Å². The van der Waals surface area contributed by atoms with Crippen molar-refractivity contribution >= 4 is 0 Å². The average Bonchev–Trinajstić information content (AvgIpc) is 3.29. The van der Waals surface area contributed by atoms with Crippen LogP contribution in [0, 0.1) is 6.92 Å². The second-order valence-electron chi connectivity index (χ2n) is 5.87. The lowest BCUT2D eigenvalue weighted by molar-refractivity contribution is 0.193. The minimum atomic E-state index is 0.384. The van der Waals surface area contributed by atoms with Crippen molar-refractivity contribution in [3.8, 4) is 5.69 Å². The first-order chi connectivity index (χ1) is 11.3. The van der Waals surface area contributed by atoms with Gasteiger partial charge in [-0.05, 0) is 25.0 Å². The van der Waals surface area contributed by atoms with Crippen LogP contribution in [-0.2, 0) is 11.3 Å². The van der Waals surface area contributed by atoms with Crippen LogP contribution in [0.5, 0.6) is 0 Å². The van der Waals surface area contributed by atoms with E-state index in [1.807, 2.05) is 42.3 Å². The molecule has 2 aromatic heterocycles. The number of imidazole rings is 1. The summed E-state index contributed by atoms with van der Waals surface area (Å²) in [6, 6.07) is 8.32. The van der Waals surface area contributed by atoms with Gasteiger partial charge in [-0.1, -0.05) is 23.4 Å². The van der Waals surface area contributed by atoms with E-state index < -0.39 is 0 Å². The van der Waals surface area contributed by atoms with Crippen molar-refractivity contribution in [2.45, 2.75) is 25.8 Å². The van der Waals surface area contributed by atoms with E-state index >= 15 is 0 Å². The van der Waals surface area contributed by atoms with Crippen molar-refractivity contribution in [1.29, 1.82) is 0 Å². The Hall–Kier alpha value is -2.47. The Morgan fingerprint density at radius 1 is 1.30 bits per heavy atom. The van der Waals surface area contributed by atoms with Gasteiger partial charge in [-0.25, -0.2) is 9.67 Å². The molecule has 1 unspecified atom stereocenters. The van der Waals surface area contributed by atoms with E-state index in [-0.39, 0.29) is 0 Å². The number of hydrogen-bond donors (Lipinski definition) is 0. The zero-order valence-electron chi connectivity index (χ0n) is 13.1. The molecule has 0 radical (unpaired) electrons. The lowest BCUT2D eigenvalue weighted by atomic mass is 10.1. The fraction of sp³-hybridized carbons (Fsp3) is 0.353. The van der Waals surface area contributed by atoms with Crippen LogP contribution in [-0.4, -0.2) is 37.8 Å². The van der Waals surface area contributed by atoms with Gasteiger partial charge in [0.05, 0.1) is 24.5 Å². The second kappa shape index (κ2) is 5.96. The molecule has 6 heteroatoms. The highest BCUT2D eigenvalue weighted by Crippen LogP contribution is 2.23. The molecular formula is C17H19N5O. The lowest BCUT2D eigenvalue weighted by Gasteiger charge is -2.11. The smallest absolute Gasteiger partial charge is 0.110 e. The van der Waals surface area contributed by atoms with Gasteiger partial charge in [0.25, 0.3) is 0 Å². The summed E-state index contributed by atoms with van der Waals surface area (Å²) in [5.41, 5.74) is 3.34. The van der Waals surface area contributed by atoms with E-state index in [1.54, 1.807) is 0 Å². The lowest BCUT2D eigenvalue weighted by Crippen LogP contribution is -2.06. The molecule has 118 valence electrons. The van der Waals surface area contributed by atoms with Crippen LogP contribution in [0.3, 0.4) is 0 Å². The quantitative estimate of drug-likeness (QED) is 0.742. The monoisotopic (exact) mass is 309 g/mol. The number of nitrogens with zero attached hydrogens (tertiary/aromatic N) is 5. The van der Waals surface area contributed by atoms with E-state index in [4.69, 9.17) is 4.74 Å². The normalized spacial score (nSPS) is 17.7. The molecule has 4 rings (SSSR count). The minimum absolute atomic E-state index is 0.384. The van der Waals surface area contributed by atoms with E-state index in [0.717, 1.165) is 36.8 Å². The van der Waals surface area contributed by atoms with E-state index in [9.17, 15) is 0 Å². The Bertz CT molecular complexity index is 801. The summed E-state index contributed by atoms with van der Waals surface area (Å²) in [6.45, 7) is 4.27. The fourth-order valence-corrected chi connectivity index (χ4v) is 3.03. The van der Waals surface area contributed by atoms with Crippen LogP contribution in [0.15, 0.2) is 42.9 Å². The summed E-state index contributed by atoms with van der Waals surface area (Å²) in [5, 5.41) is 8.61. The predicted molar refractivity (Wildman–Crippen MR) is 85.6 cm³/mol. The van der Waals surface area contributed by atoms with Gasteiger partial charge >= 0.3 is 0 Å². The number of ether oxygens (including phenoxy) is 1. The highest BCUT2D eigenvalue weighted by molar-refractivity contribution is 5.42. The third-order valence-electron chi connectivity index (χ3n) is 4.31. The van der Waals surface area contributed by atoms with Gasteiger partial charge < -0.3 is 9.30 Å². The van der Waals surface area contributed by atoms with Gasteiger partial charge in [-0.2, -0.15) is 0 Å². The molecule has 0 aliphatic carbocycles. The molecule has 23 heavy (non-hydrogen) atoms. The number of hydrogen-bond acceptors (Lipinski definition) is 4. The van der Waals surface area contributed by atoms with Crippen molar-refractivity contribution in [1.82, 2.24) is 24.5 Å². The standard InChI is InChI=1S/C17H19N5O/c1-13-18-7-8-22(13)17-5-3-2-4-14(17)10-21-11-16(19-20-21)15-6-9-23-12-15/h2-5,7-8,11,15H,6,9-10,12H2,1H3. The zero-order valence-corrected chi connectivity index (χ0v) is 13.1. The number of rotatable bonds is 4. The Morgan fingerprint density at radius 3 is 3.00 bits per heavy atom. The van der Waals surface area contributed by atoms with Gasteiger partial charge in [-0.3, -0.25) is 0 Å². The van der Waals surface area contributed by atoms with Gasteiger partial charge in [0.2, 0.25) is 0 Å². The molecule has 3 heterocycles. The maximum Gasteiger partial charge on any atom is 0.110 e. The number of aromatic nitrogens is 5. The largest absolute Gasteiger partial charge is 0.381 e. The van der Waals surface area contributed by atoms with Crippen LogP contribution in [0.1, 0.15) is 29.4 Å². The molecule has 0 amide bonds. The molecule has 3 aromatic rings. The summed E-state index contributed by atoms with van der Waals surface area (Å²) in [6.07, 6.45) is 6.87. The first-order valence-corrected chi connectivity index (χ1v) is 7.87. The van der Waals surface area contributed by atoms with Crippen LogP contribution in [0.2, 0.25) is 0 Å². The van der Waals surface area contributed by atoms with E-state index in [0.29, 0.717) is 12.5 Å². The summed E-state index contributed by atoms with van der Waals surface area (Å²) in [7, 11) is 0. The topological polar surface area (TPSA) is 57.8 Å². The first-order valence-electron chi connectivity index (χ1n) is 7.87. The van der Waals surface area contributed by atoms with Gasteiger partial charge in [-0.15, -0.1) is 5.10 Å². The molecule has 1 fully saturated rings. The summed E-state index contributed by atoms with van der Waals surface area (Å²) in [4.78, 5) is 4.31. The van der Waals surface area contributed by atoms with E-state index in [1.165, 1.54) is 5.56 Å². The maximum absolute atomic E-state index is 5.43. The summed E-state index contributed by atoms with van der Waals surface area (Å²) in [5.74, 6) is 1.36. The van der Waals surface area contributed by atoms with Gasteiger partial charge in [0.15, 0.2) is 0 Å². The van der Waals surface area contributed by atoms with Crippen molar-refractivity contribution in [2.75, 3.05) is 13.2 Å². The van der Waals surface area contributed by atoms with Crippen LogP contribution in [0.25, 0.3) is 5.69 Å². The average molecular weight is 309 g/mol. The highest BCUT2D eigenvalue weighted by atomic mass is 16.5. The van der Waals surface area contributed by atoms with Gasteiger partial charge in [0, 0.05) is 31.1 Å². The summed E-state index contributed by atoms with van der Waals surface area (Å²) >= 11 is 0. The molecule has 6 nitrogen and oxygen atoms in total.